The van der Waals surface area contributed by atoms with Gasteiger partial charge >= 0.3 is 0 Å². The summed E-state index contributed by atoms with van der Waals surface area (Å²) in [5.41, 5.74) is 0.580. The molecule has 1 rings (SSSR count). The van der Waals surface area contributed by atoms with Crippen LogP contribution in [0.2, 0.25) is 0 Å². The molecule has 1 aromatic carbocycles. The first-order valence-corrected chi connectivity index (χ1v) is 5.70. The van der Waals surface area contributed by atoms with Gasteiger partial charge in [-0.25, -0.2) is 0 Å². The van der Waals surface area contributed by atoms with E-state index in [1.165, 1.54) is 0 Å². The molecule has 0 aromatic heterocycles. The van der Waals surface area contributed by atoms with Gasteiger partial charge in [0.2, 0.25) is 5.91 Å². The zero-order valence-electron chi connectivity index (χ0n) is 10.4. The number of carboxylic acid groups (broad SMARTS) is 1. The van der Waals surface area contributed by atoms with Crippen molar-refractivity contribution in [1.82, 2.24) is 0 Å². The summed E-state index contributed by atoms with van der Waals surface area (Å²) < 4.78 is 4.96. The van der Waals surface area contributed by atoms with Crippen molar-refractivity contribution in [2.24, 2.45) is 5.92 Å². The minimum atomic E-state index is -1.29. The van der Waals surface area contributed by atoms with Crippen LogP contribution in [0.5, 0.6) is 5.75 Å². The third kappa shape index (κ3) is 5.34. The highest BCUT2D eigenvalue weighted by Gasteiger charge is 2.05. The zero-order valence-corrected chi connectivity index (χ0v) is 10.4. The van der Waals surface area contributed by atoms with Gasteiger partial charge < -0.3 is 20.0 Å². The molecule has 0 aliphatic rings. The van der Waals surface area contributed by atoms with E-state index in [-0.39, 0.29) is 11.8 Å². The van der Waals surface area contributed by atoms with Crippen LogP contribution in [-0.4, -0.2) is 18.5 Å². The van der Waals surface area contributed by atoms with Crippen LogP contribution in [0, 0.1) is 5.92 Å². The van der Waals surface area contributed by atoms with Crippen LogP contribution in [0.25, 0.3) is 0 Å². The summed E-state index contributed by atoms with van der Waals surface area (Å²) in [6.07, 6.45) is 0.435. The highest BCUT2D eigenvalue weighted by molar-refractivity contribution is 5.91. The number of carbonyl (C=O) groups is 2. The summed E-state index contributed by atoms with van der Waals surface area (Å²) in [5.74, 6) is -0.713. The summed E-state index contributed by atoms with van der Waals surface area (Å²) in [4.78, 5) is 21.8. The van der Waals surface area contributed by atoms with Crippen molar-refractivity contribution in [1.29, 1.82) is 0 Å². The average Bonchev–Trinajstić information content (AvgIpc) is 2.25. The fourth-order valence-corrected chi connectivity index (χ4v) is 1.39. The lowest BCUT2D eigenvalue weighted by Gasteiger charge is -2.10. The number of aliphatic carboxylic acids is 1. The summed E-state index contributed by atoms with van der Waals surface area (Å²) in [7, 11) is 0. The van der Waals surface area contributed by atoms with Crippen molar-refractivity contribution in [3.8, 4) is 5.75 Å². The Labute approximate surface area is 106 Å². The van der Waals surface area contributed by atoms with Crippen LogP contribution in [0.15, 0.2) is 24.3 Å². The number of nitrogens with one attached hydrogen (secondary N) is 1. The van der Waals surface area contributed by atoms with Gasteiger partial charge in [0.25, 0.3) is 0 Å². The molecule has 0 spiro atoms. The van der Waals surface area contributed by atoms with E-state index < -0.39 is 12.6 Å². The Balaban J connectivity index is 2.59. The van der Waals surface area contributed by atoms with Crippen LogP contribution < -0.4 is 15.2 Å². The SMILES string of the molecule is CC(C)CC(=O)Nc1cccc(OCC(=O)[O-])c1. The molecule has 0 radical (unpaired) electrons. The topological polar surface area (TPSA) is 78.5 Å². The Kier molecular flexibility index (Phi) is 5.17. The highest BCUT2D eigenvalue weighted by Crippen LogP contribution is 2.17. The number of ether oxygens (including phenoxy) is 1. The molecule has 1 amide bonds. The smallest absolute Gasteiger partial charge is 0.224 e. The molecule has 98 valence electrons. The average molecular weight is 250 g/mol. The monoisotopic (exact) mass is 250 g/mol. The molecule has 0 heterocycles. The fraction of sp³-hybridized carbons (Fsp3) is 0.385. The standard InChI is InChI=1S/C13H17NO4/c1-9(2)6-12(15)14-10-4-3-5-11(7-10)18-8-13(16)17/h3-5,7,9H,6,8H2,1-2H3,(H,14,15)(H,16,17)/p-1. The lowest BCUT2D eigenvalue weighted by Crippen LogP contribution is -2.28. The third-order valence-electron chi connectivity index (χ3n) is 2.07. The number of carboxylic acids is 1. The molecule has 18 heavy (non-hydrogen) atoms. The van der Waals surface area contributed by atoms with E-state index in [4.69, 9.17) is 4.74 Å². The van der Waals surface area contributed by atoms with Gasteiger partial charge in [-0.1, -0.05) is 19.9 Å². The fourth-order valence-electron chi connectivity index (χ4n) is 1.39. The van der Waals surface area contributed by atoms with Crippen molar-refractivity contribution >= 4 is 17.6 Å². The molecule has 1 N–H and O–H groups in total. The van der Waals surface area contributed by atoms with E-state index in [9.17, 15) is 14.7 Å². The molecular weight excluding hydrogens is 234 g/mol. The number of hydrogen-bond acceptors (Lipinski definition) is 4. The van der Waals surface area contributed by atoms with E-state index in [1.807, 2.05) is 13.8 Å². The lowest BCUT2D eigenvalue weighted by atomic mass is 10.1. The van der Waals surface area contributed by atoms with E-state index in [0.29, 0.717) is 17.9 Å². The van der Waals surface area contributed by atoms with Crippen LogP contribution in [0.1, 0.15) is 20.3 Å². The molecule has 5 nitrogen and oxygen atoms in total. The van der Waals surface area contributed by atoms with Crippen molar-refractivity contribution in [3.63, 3.8) is 0 Å². The second kappa shape index (κ2) is 6.64. The largest absolute Gasteiger partial charge is 0.546 e. The Morgan fingerprint density at radius 2 is 2.11 bits per heavy atom. The number of amides is 1. The third-order valence-corrected chi connectivity index (χ3v) is 2.07. The van der Waals surface area contributed by atoms with Crippen molar-refractivity contribution in [2.45, 2.75) is 20.3 Å². The molecule has 0 aliphatic heterocycles. The quantitative estimate of drug-likeness (QED) is 0.810. The molecule has 0 bridgehead atoms. The van der Waals surface area contributed by atoms with Crippen molar-refractivity contribution in [2.75, 3.05) is 11.9 Å². The minimum absolute atomic E-state index is 0.0814. The predicted octanol–water partition coefficient (Wildman–Crippen LogP) is 0.800. The summed E-state index contributed by atoms with van der Waals surface area (Å²) in [6, 6.07) is 6.57. The van der Waals surface area contributed by atoms with E-state index in [1.54, 1.807) is 24.3 Å². The van der Waals surface area contributed by atoms with Gasteiger partial charge in [0.05, 0.1) is 5.97 Å². The van der Waals surface area contributed by atoms with Gasteiger partial charge in [0, 0.05) is 18.2 Å². The molecule has 0 aliphatic carbocycles. The molecule has 5 heteroatoms. The number of benzene rings is 1. The molecule has 0 fully saturated rings. The number of carbonyl (C=O) groups excluding carboxylic acids is 2. The normalized spacial score (nSPS) is 10.2. The van der Waals surface area contributed by atoms with Gasteiger partial charge in [0.15, 0.2) is 0 Å². The van der Waals surface area contributed by atoms with Crippen LogP contribution in [0.3, 0.4) is 0 Å². The number of anilines is 1. The molecule has 0 unspecified atom stereocenters. The van der Waals surface area contributed by atoms with E-state index in [0.717, 1.165) is 0 Å². The van der Waals surface area contributed by atoms with E-state index >= 15 is 0 Å². The minimum Gasteiger partial charge on any atom is -0.546 e. The maximum absolute atomic E-state index is 11.5. The Morgan fingerprint density at radius 3 is 2.72 bits per heavy atom. The first kappa shape index (κ1) is 14.0. The van der Waals surface area contributed by atoms with Gasteiger partial charge in [-0.15, -0.1) is 0 Å². The summed E-state index contributed by atoms with van der Waals surface area (Å²) in [5, 5.41) is 13.0. The first-order chi connectivity index (χ1) is 8.47. The zero-order chi connectivity index (χ0) is 13.5. The van der Waals surface area contributed by atoms with Crippen LogP contribution in [0.4, 0.5) is 5.69 Å². The second-order valence-electron chi connectivity index (χ2n) is 4.33. The van der Waals surface area contributed by atoms with Gasteiger partial charge in [-0.05, 0) is 18.1 Å². The van der Waals surface area contributed by atoms with Gasteiger partial charge in [-0.3, -0.25) is 4.79 Å². The van der Waals surface area contributed by atoms with E-state index in [2.05, 4.69) is 5.32 Å². The van der Waals surface area contributed by atoms with Crippen molar-refractivity contribution < 1.29 is 19.4 Å². The molecule has 0 saturated heterocycles. The Hall–Kier alpha value is -2.04. The second-order valence-corrected chi connectivity index (χ2v) is 4.33. The Bertz CT molecular complexity index is 429. The van der Waals surface area contributed by atoms with Crippen LogP contribution in [-0.2, 0) is 9.59 Å². The summed E-state index contributed by atoms with van der Waals surface area (Å²) >= 11 is 0. The summed E-state index contributed by atoms with van der Waals surface area (Å²) in [6.45, 7) is 3.40. The van der Waals surface area contributed by atoms with Gasteiger partial charge in [-0.2, -0.15) is 0 Å². The molecular formula is C13H16NO4-. The molecule has 0 atom stereocenters. The van der Waals surface area contributed by atoms with Crippen molar-refractivity contribution in [3.05, 3.63) is 24.3 Å². The maximum Gasteiger partial charge on any atom is 0.224 e. The predicted molar refractivity (Wildman–Crippen MR) is 65.0 cm³/mol. The number of hydrogen-bond donors (Lipinski definition) is 1. The number of rotatable bonds is 6. The maximum atomic E-state index is 11.5. The molecule has 0 saturated carbocycles. The van der Waals surface area contributed by atoms with Crippen LogP contribution >= 0.6 is 0 Å². The Morgan fingerprint density at radius 1 is 1.39 bits per heavy atom. The lowest BCUT2D eigenvalue weighted by molar-refractivity contribution is -0.307. The first-order valence-electron chi connectivity index (χ1n) is 5.70. The highest BCUT2D eigenvalue weighted by atomic mass is 16.5. The molecule has 1 aromatic rings. The van der Waals surface area contributed by atoms with Gasteiger partial charge in [0.1, 0.15) is 12.4 Å².